The zero-order valence-corrected chi connectivity index (χ0v) is 17.3. The summed E-state index contributed by atoms with van der Waals surface area (Å²) in [7, 11) is -1.82. The maximum absolute atomic E-state index is 12.4. The summed E-state index contributed by atoms with van der Waals surface area (Å²) >= 11 is 0. The van der Waals surface area contributed by atoms with Crippen molar-refractivity contribution in [2.24, 2.45) is 0 Å². The molecular formula is C19H34O4Si. The van der Waals surface area contributed by atoms with Crippen LogP contribution in [0.25, 0.3) is 0 Å². The smallest absolute Gasteiger partial charge is 0.193 e. The van der Waals surface area contributed by atoms with E-state index in [-0.39, 0.29) is 5.78 Å². The van der Waals surface area contributed by atoms with Gasteiger partial charge in [-0.2, -0.15) is 0 Å². The Bertz CT molecular complexity index is 495. The Morgan fingerprint density at radius 3 is 2.00 bits per heavy atom. The molecule has 1 saturated heterocycles. The summed E-state index contributed by atoms with van der Waals surface area (Å²) in [5, 5.41) is 0. The molecular weight excluding hydrogens is 320 g/mol. The van der Waals surface area contributed by atoms with Gasteiger partial charge < -0.3 is 13.9 Å². The zero-order chi connectivity index (χ0) is 18.0. The molecule has 0 bridgehead atoms. The van der Waals surface area contributed by atoms with Gasteiger partial charge >= 0.3 is 0 Å². The van der Waals surface area contributed by atoms with Gasteiger partial charge in [0.1, 0.15) is 0 Å². The highest BCUT2D eigenvalue weighted by Crippen LogP contribution is 2.45. The lowest BCUT2D eigenvalue weighted by atomic mass is 9.89. The van der Waals surface area contributed by atoms with Gasteiger partial charge in [0.15, 0.2) is 19.9 Å². The monoisotopic (exact) mass is 354 g/mol. The summed E-state index contributed by atoms with van der Waals surface area (Å²) in [5.41, 5.74) is 1.56. The van der Waals surface area contributed by atoms with E-state index in [1.54, 1.807) is 0 Å². The zero-order valence-electron chi connectivity index (χ0n) is 16.3. The van der Waals surface area contributed by atoms with Crippen LogP contribution in [0.1, 0.15) is 60.8 Å². The van der Waals surface area contributed by atoms with Crippen LogP contribution in [0.5, 0.6) is 0 Å². The predicted molar refractivity (Wildman–Crippen MR) is 98.6 cm³/mol. The summed E-state index contributed by atoms with van der Waals surface area (Å²) in [6, 6.07) is 3.27. The lowest BCUT2D eigenvalue weighted by molar-refractivity contribution is -0.154. The first-order chi connectivity index (χ1) is 11.3. The molecule has 1 atom stereocenters. The first kappa shape index (κ1) is 19.8. The molecule has 1 unspecified atom stereocenters. The van der Waals surface area contributed by atoms with E-state index in [9.17, 15) is 4.79 Å². The van der Waals surface area contributed by atoms with Crippen LogP contribution >= 0.6 is 0 Å². The Kier molecular flexibility index (Phi) is 6.11. The van der Waals surface area contributed by atoms with Crippen molar-refractivity contribution in [1.29, 1.82) is 0 Å². The van der Waals surface area contributed by atoms with Crippen molar-refractivity contribution < 1.29 is 18.7 Å². The maximum atomic E-state index is 12.4. The predicted octanol–water partition coefficient (Wildman–Crippen LogP) is 4.60. The van der Waals surface area contributed by atoms with Gasteiger partial charge in [-0.25, -0.2) is 0 Å². The Morgan fingerprint density at radius 2 is 1.58 bits per heavy atom. The Hall–Kier alpha value is -0.493. The van der Waals surface area contributed by atoms with Crippen molar-refractivity contribution in [3.05, 3.63) is 11.1 Å². The van der Waals surface area contributed by atoms with Gasteiger partial charge in [0, 0.05) is 12.8 Å². The SMILES string of the molecule is CC[Si](CC)(CC)OC1(CCC2(C)OCCO2)CC(=O)C(C)=C1C. The van der Waals surface area contributed by atoms with Crippen molar-refractivity contribution in [3.8, 4) is 0 Å². The maximum Gasteiger partial charge on any atom is 0.193 e. The molecule has 138 valence electrons. The van der Waals surface area contributed by atoms with E-state index >= 15 is 0 Å². The van der Waals surface area contributed by atoms with Gasteiger partial charge in [0.05, 0.1) is 18.8 Å². The van der Waals surface area contributed by atoms with Crippen LogP contribution in [0.15, 0.2) is 11.1 Å². The second-order valence-electron chi connectivity index (χ2n) is 7.52. The topological polar surface area (TPSA) is 44.8 Å². The van der Waals surface area contributed by atoms with Gasteiger partial charge in [0.2, 0.25) is 0 Å². The van der Waals surface area contributed by atoms with Crippen molar-refractivity contribution in [3.63, 3.8) is 0 Å². The number of Topliss-reactive ketones (excluding diaryl/α,β-unsaturated/α-hetero) is 1. The van der Waals surface area contributed by atoms with Crippen LogP contribution in [0.2, 0.25) is 18.1 Å². The first-order valence-corrected chi connectivity index (χ1v) is 12.0. The molecule has 4 nitrogen and oxygen atoms in total. The minimum absolute atomic E-state index is 0.233. The third-order valence-corrected chi connectivity index (χ3v) is 11.0. The van der Waals surface area contributed by atoms with Crippen molar-refractivity contribution in [2.45, 2.75) is 90.3 Å². The van der Waals surface area contributed by atoms with Gasteiger partial charge in [-0.1, -0.05) is 20.8 Å². The highest BCUT2D eigenvalue weighted by atomic mass is 28.4. The number of hydrogen-bond donors (Lipinski definition) is 0. The molecule has 5 heteroatoms. The van der Waals surface area contributed by atoms with E-state index in [2.05, 4.69) is 27.7 Å². The van der Waals surface area contributed by atoms with Crippen molar-refractivity contribution >= 4 is 14.1 Å². The number of hydrogen-bond acceptors (Lipinski definition) is 4. The highest BCUT2D eigenvalue weighted by Gasteiger charge is 2.49. The van der Waals surface area contributed by atoms with Gasteiger partial charge in [0.25, 0.3) is 0 Å². The Morgan fingerprint density at radius 1 is 1.04 bits per heavy atom. The molecule has 0 amide bonds. The summed E-state index contributed by atoms with van der Waals surface area (Å²) in [4.78, 5) is 12.4. The molecule has 2 rings (SSSR count). The number of allylic oxidation sites excluding steroid dienone is 1. The molecule has 24 heavy (non-hydrogen) atoms. The molecule has 0 N–H and O–H groups in total. The number of carbonyl (C=O) groups excluding carboxylic acids is 1. The van der Waals surface area contributed by atoms with E-state index in [4.69, 9.17) is 13.9 Å². The summed E-state index contributed by atoms with van der Waals surface area (Å²) in [6.07, 6.45) is 2.02. The molecule has 0 saturated carbocycles. The largest absolute Gasteiger partial charge is 0.407 e. The first-order valence-electron chi connectivity index (χ1n) is 9.44. The fourth-order valence-corrected chi connectivity index (χ4v) is 7.12. The molecule has 1 aliphatic carbocycles. The van der Waals surface area contributed by atoms with E-state index in [1.165, 1.54) is 0 Å². The minimum atomic E-state index is -1.82. The summed E-state index contributed by atoms with van der Waals surface area (Å²) in [6.45, 7) is 14.0. The molecule has 0 spiro atoms. The van der Waals surface area contributed by atoms with E-state index in [0.29, 0.717) is 19.6 Å². The van der Waals surface area contributed by atoms with Crippen molar-refractivity contribution in [1.82, 2.24) is 0 Å². The molecule has 0 aromatic rings. The second kappa shape index (κ2) is 7.40. The average molecular weight is 355 g/mol. The normalized spacial score (nSPS) is 27.3. The molecule has 1 heterocycles. The van der Waals surface area contributed by atoms with Gasteiger partial charge in [-0.3, -0.25) is 4.79 Å². The van der Waals surface area contributed by atoms with Crippen molar-refractivity contribution in [2.75, 3.05) is 13.2 Å². The van der Waals surface area contributed by atoms with Crippen LogP contribution in [-0.4, -0.2) is 38.7 Å². The summed E-state index contributed by atoms with van der Waals surface area (Å²) < 4.78 is 18.5. The van der Waals surface area contributed by atoms with Crippen LogP contribution in [0.4, 0.5) is 0 Å². The molecule has 1 fully saturated rings. The Balaban J connectivity index is 2.28. The lowest BCUT2D eigenvalue weighted by Gasteiger charge is -2.42. The molecule has 0 aromatic carbocycles. The standard InChI is InChI=1S/C19H34O4Si/c1-7-24(8-2,9-3)23-19(14-17(20)15(4)16(19)5)11-10-18(6)21-12-13-22-18/h7-14H2,1-6H3. The second-order valence-corrected chi connectivity index (χ2v) is 12.2. The van der Waals surface area contributed by atoms with Crippen LogP contribution in [0.3, 0.4) is 0 Å². The van der Waals surface area contributed by atoms with E-state index < -0.39 is 19.7 Å². The quantitative estimate of drug-likeness (QED) is 0.598. The van der Waals surface area contributed by atoms with E-state index in [1.807, 2.05) is 13.8 Å². The van der Waals surface area contributed by atoms with Gasteiger partial charge in [-0.15, -0.1) is 0 Å². The molecule has 1 aliphatic heterocycles. The minimum Gasteiger partial charge on any atom is -0.407 e. The molecule has 2 aliphatic rings. The highest BCUT2D eigenvalue weighted by molar-refractivity contribution is 6.73. The third-order valence-electron chi connectivity index (χ3n) is 6.34. The van der Waals surface area contributed by atoms with Gasteiger partial charge in [-0.05, 0) is 56.5 Å². The lowest BCUT2D eigenvalue weighted by Crippen LogP contribution is -2.48. The number of carbonyl (C=O) groups is 1. The van der Waals surface area contributed by atoms with Crippen LogP contribution in [-0.2, 0) is 18.7 Å². The van der Waals surface area contributed by atoms with Crippen LogP contribution in [0, 0.1) is 0 Å². The summed E-state index contributed by atoms with van der Waals surface area (Å²) in [5.74, 6) is -0.303. The number of rotatable bonds is 8. The van der Waals surface area contributed by atoms with E-state index in [0.717, 1.165) is 42.1 Å². The average Bonchev–Trinajstić information content (AvgIpc) is 3.10. The number of ether oxygens (including phenoxy) is 2. The Labute approximate surface area is 148 Å². The van der Waals surface area contributed by atoms with Crippen LogP contribution < -0.4 is 0 Å². The fraction of sp³-hybridized carbons (Fsp3) is 0.842. The number of ketones is 1. The molecule has 0 radical (unpaired) electrons. The molecule has 0 aromatic heterocycles. The third kappa shape index (κ3) is 3.69. The fourth-order valence-electron chi connectivity index (χ4n) is 4.03.